The molecule has 2 aromatic heterocycles. The van der Waals surface area contributed by atoms with Crippen molar-refractivity contribution in [3.05, 3.63) is 50.6 Å². The molecule has 102 valence electrons. The molecule has 5 heteroatoms. The van der Waals surface area contributed by atoms with Crippen LogP contribution in [0.25, 0.3) is 0 Å². The number of pyridine rings is 1. The number of hydrogen-bond acceptors (Lipinski definition) is 3. The number of thiophene rings is 1. The third kappa shape index (κ3) is 4.37. The van der Waals surface area contributed by atoms with Gasteiger partial charge >= 0.3 is 0 Å². The lowest BCUT2D eigenvalue weighted by Gasteiger charge is -2.18. The Kier molecular flexibility index (Phi) is 5.48. The number of halogens is 2. The lowest BCUT2D eigenvalue weighted by molar-refractivity contribution is 0.524. The minimum absolute atomic E-state index is 0.105. The van der Waals surface area contributed by atoms with Crippen LogP contribution in [0.5, 0.6) is 0 Å². The number of hydrogen-bond donors (Lipinski definition) is 1. The molecule has 2 heterocycles. The van der Waals surface area contributed by atoms with Crippen LogP contribution in [0.2, 0.25) is 0 Å². The molecule has 1 N–H and O–H groups in total. The van der Waals surface area contributed by atoms with Crippen LogP contribution in [0.15, 0.2) is 34.4 Å². The molecule has 0 saturated heterocycles. The molecule has 19 heavy (non-hydrogen) atoms. The molecule has 2 rings (SSSR count). The van der Waals surface area contributed by atoms with Crippen molar-refractivity contribution >= 4 is 27.3 Å². The second-order valence-corrected chi connectivity index (χ2v) is 6.90. The minimum atomic E-state index is -0.284. The average molecular weight is 343 g/mol. The smallest absolute Gasteiger partial charge is 0.141 e. The molecule has 0 aliphatic carbocycles. The number of aromatic nitrogens is 1. The van der Waals surface area contributed by atoms with Crippen LogP contribution >= 0.6 is 27.3 Å². The molecule has 1 unspecified atom stereocenters. The first kappa shape index (κ1) is 14.6. The topological polar surface area (TPSA) is 24.9 Å². The van der Waals surface area contributed by atoms with Crippen LogP contribution in [-0.4, -0.2) is 11.5 Å². The maximum Gasteiger partial charge on any atom is 0.141 e. The zero-order valence-electron chi connectivity index (χ0n) is 10.7. The van der Waals surface area contributed by atoms with Crippen LogP contribution in [-0.2, 0) is 6.42 Å². The maximum absolute atomic E-state index is 13.3. The molecule has 0 aliphatic heterocycles. The van der Waals surface area contributed by atoms with Gasteiger partial charge in [0.15, 0.2) is 0 Å². The molecule has 2 aromatic rings. The van der Waals surface area contributed by atoms with E-state index in [1.54, 1.807) is 23.6 Å². The fourth-order valence-electron chi connectivity index (χ4n) is 1.91. The van der Waals surface area contributed by atoms with E-state index in [1.165, 1.54) is 11.1 Å². The molecule has 0 amide bonds. The van der Waals surface area contributed by atoms with Crippen molar-refractivity contribution in [1.29, 1.82) is 0 Å². The summed E-state index contributed by atoms with van der Waals surface area (Å²) in [5.41, 5.74) is 0.901. The first-order chi connectivity index (χ1) is 9.19. The van der Waals surface area contributed by atoms with Crippen LogP contribution in [0.4, 0.5) is 4.39 Å². The Morgan fingerprint density at radius 2 is 2.26 bits per heavy atom. The third-order valence-electron chi connectivity index (χ3n) is 2.80. The van der Waals surface area contributed by atoms with Gasteiger partial charge in [0.1, 0.15) is 5.82 Å². The summed E-state index contributed by atoms with van der Waals surface area (Å²) in [4.78, 5) is 5.21. The third-order valence-corrected chi connectivity index (χ3v) is 4.45. The highest BCUT2D eigenvalue weighted by atomic mass is 79.9. The van der Waals surface area contributed by atoms with Gasteiger partial charge in [-0.05, 0) is 52.7 Å². The molecule has 0 aliphatic rings. The van der Waals surface area contributed by atoms with Gasteiger partial charge in [-0.1, -0.05) is 6.92 Å². The Balaban J connectivity index is 2.15. The molecule has 0 bridgehead atoms. The van der Waals surface area contributed by atoms with Gasteiger partial charge in [-0.2, -0.15) is 0 Å². The lowest BCUT2D eigenvalue weighted by atomic mass is 10.0. The zero-order chi connectivity index (χ0) is 13.7. The Bertz CT molecular complexity index is 530. The van der Waals surface area contributed by atoms with Crippen molar-refractivity contribution in [2.45, 2.75) is 25.8 Å². The van der Waals surface area contributed by atoms with Gasteiger partial charge in [-0.25, -0.2) is 4.39 Å². The van der Waals surface area contributed by atoms with Gasteiger partial charge in [0, 0.05) is 23.5 Å². The average Bonchev–Trinajstić information content (AvgIpc) is 2.80. The van der Waals surface area contributed by atoms with E-state index >= 15 is 0 Å². The van der Waals surface area contributed by atoms with Crippen molar-refractivity contribution < 1.29 is 4.39 Å². The van der Waals surface area contributed by atoms with Gasteiger partial charge in [-0.3, -0.25) is 4.98 Å². The van der Waals surface area contributed by atoms with Crippen molar-refractivity contribution in [2.75, 3.05) is 6.54 Å². The molecule has 0 radical (unpaired) electrons. The normalized spacial score (nSPS) is 12.6. The zero-order valence-corrected chi connectivity index (χ0v) is 13.1. The predicted octanol–water partition coefficient (Wildman–Crippen LogP) is 4.33. The Morgan fingerprint density at radius 3 is 2.89 bits per heavy atom. The quantitative estimate of drug-likeness (QED) is 0.845. The Hall–Kier alpha value is -0.780. The fourth-order valence-corrected chi connectivity index (χ4v) is 3.44. The second-order valence-electron chi connectivity index (χ2n) is 4.35. The lowest BCUT2D eigenvalue weighted by Crippen LogP contribution is -2.24. The summed E-state index contributed by atoms with van der Waals surface area (Å²) in [5, 5.41) is 3.46. The molecule has 0 spiro atoms. The van der Waals surface area contributed by atoms with Gasteiger partial charge in [0.2, 0.25) is 0 Å². The maximum atomic E-state index is 13.3. The highest BCUT2D eigenvalue weighted by molar-refractivity contribution is 9.11. The van der Waals surface area contributed by atoms with E-state index in [9.17, 15) is 4.39 Å². The molecule has 2 nitrogen and oxygen atoms in total. The minimum Gasteiger partial charge on any atom is -0.310 e. The largest absolute Gasteiger partial charge is 0.310 e. The number of nitrogens with zero attached hydrogens (tertiary/aromatic N) is 1. The summed E-state index contributed by atoms with van der Waals surface area (Å²) in [6.07, 6.45) is 4.87. The second kappa shape index (κ2) is 7.12. The van der Waals surface area contributed by atoms with Crippen LogP contribution < -0.4 is 5.32 Å². The summed E-state index contributed by atoms with van der Waals surface area (Å²) < 4.78 is 14.4. The van der Waals surface area contributed by atoms with E-state index < -0.39 is 0 Å². The fraction of sp³-hybridized carbons (Fsp3) is 0.357. The number of rotatable bonds is 6. The first-order valence-electron chi connectivity index (χ1n) is 6.27. The Labute approximate surface area is 125 Å². The van der Waals surface area contributed by atoms with Crippen LogP contribution in [0.3, 0.4) is 0 Å². The molecule has 0 saturated carbocycles. The summed E-state index contributed by atoms with van der Waals surface area (Å²) in [7, 11) is 0. The summed E-state index contributed by atoms with van der Waals surface area (Å²) >= 11 is 5.18. The highest BCUT2D eigenvalue weighted by Gasteiger charge is 2.14. The van der Waals surface area contributed by atoms with E-state index in [-0.39, 0.29) is 11.9 Å². The molecule has 1 atom stereocenters. The van der Waals surface area contributed by atoms with Gasteiger partial charge in [-0.15, -0.1) is 11.3 Å². The standard InChI is InChI=1S/C14H16BrFN2S/c1-2-5-18-13(7-12-3-4-14(15)19-12)10-6-11(16)9-17-8-10/h3-4,6,8-9,13,18H,2,5,7H2,1H3. The molecule has 0 aromatic carbocycles. The van der Waals surface area contributed by atoms with Crippen molar-refractivity contribution in [2.24, 2.45) is 0 Å². The summed E-state index contributed by atoms with van der Waals surface area (Å²) in [6.45, 7) is 3.03. The van der Waals surface area contributed by atoms with Gasteiger partial charge in [0.25, 0.3) is 0 Å². The summed E-state index contributed by atoms with van der Waals surface area (Å²) in [5.74, 6) is -0.284. The van der Waals surface area contributed by atoms with E-state index in [2.05, 4.69) is 39.2 Å². The highest BCUT2D eigenvalue weighted by Crippen LogP contribution is 2.27. The first-order valence-corrected chi connectivity index (χ1v) is 7.88. The van der Waals surface area contributed by atoms with Crippen LogP contribution in [0.1, 0.15) is 29.8 Å². The molecular weight excluding hydrogens is 327 g/mol. The van der Waals surface area contributed by atoms with Crippen LogP contribution in [0, 0.1) is 5.82 Å². The summed E-state index contributed by atoms with van der Waals surface area (Å²) in [6, 6.07) is 5.81. The SMILES string of the molecule is CCCNC(Cc1ccc(Br)s1)c1cncc(F)c1. The van der Waals surface area contributed by atoms with E-state index in [0.29, 0.717) is 0 Å². The molecule has 0 fully saturated rings. The van der Waals surface area contributed by atoms with E-state index in [0.717, 1.165) is 28.7 Å². The predicted molar refractivity (Wildman–Crippen MR) is 81.0 cm³/mol. The Morgan fingerprint density at radius 1 is 1.42 bits per heavy atom. The van der Waals surface area contributed by atoms with Crippen molar-refractivity contribution in [3.8, 4) is 0 Å². The van der Waals surface area contributed by atoms with Crippen molar-refractivity contribution in [3.63, 3.8) is 0 Å². The van der Waals surface area contributed by atoms with Crippen molar-refractivity contribution in [1.82, 2.24) is 10.3 Å². The van der Waals surface area contributed by atoms with E-state index in [4.69, 9.17) is 0 Å². The molecular formula is C14H16BrFN2S. The van der Waals surface area contributed by atoms with Gasteiger partial charge in [0.05, 0.1) is 9.98 Å². The number of nitrogens with one attached hydrogen (secondary N) is 1. The van der Waals surface area contributed by atoms with E-state index in [1.807, 2.05) is 6.07 Å². The monoisotopic (exact) mass is 342 g/mol. The van der Waals surface area contributed by atoms with Gasteiger partial charge < -0.3 is 5.32 Å².